The van der Waals surface area contributed by atoms with Crippen molar-refractivity contribution >= 4 is 11.7 Å². The molecule has 12 heavy (non-hydrogen) atoms. The zero-order valence-corrected chi connectivity index (χ0v) is 6.07. The molecule has 0 aliphatic heterocycles. The largest absolute Gasteiger partial charge is 0.495 e. The molecule has 1 rings (SSSR count). The smallest absolute Gasteiger partial charge is 0.337 e. The Hall–Kier alpha value is -1.71. The van der Waals surface area contributed by atoms with Crippen molar-refractivity contribution in [2.75, 3.05) is 12.8 Å². The number of nitrogen functional groups attached to an aromatic ring is 1. The number of hydrogen-bond acceptors (Lipinski definition) is 3. The van der Waals surface area contributed by atoms with Crippen molar-refractivity contribution in [3.63, 3.8) is 0 Å². The minimum Gasteiger partial charge on any atom is -0.495 e. The molecule has 0 unspecified atom stereocenters. The lowest BCUT2D eigenvalue weighted by Gasteiger charge is -2.05. The maximum atomic E-state index is 10.7. The Morgan fingerprint density at radius 3 is 3.08 bits per heavy atom. The third kappa shape index (κ3) is 1.32. The van der Waals surface area contributed by atoms with Crippen LogP contribution in [0.3, 0.4) is 0 Å². The highest BCUT2D eigenvalue weighted by Crippen LogP contribution is 2.24. The van der Waals surface area contributed by atoms with Crippen molar-refractivity contribution in [2.45, 2.75) is 0 Å². The number of methoxy groups -OCH3 is 1. The van der Waals surface area contributed by atoms with Gasteiger partial charge >= 0.3 is 5.97 Å². The molecule has 0 atom stereocenters. The Morgan fingerprint density at radius 1 is 1.75 bits per heavy atom. The molecule has 0 radical (unpaired) electrons. The topological polar surface area (TPSA) is 72.5 Å². The average molecular weight is 170 g/mol. The standard InChI is InChI=1S/C8H9NO3/c1-12-6-4-2-3-5(7(6)9)8(10)11/h2-4H,9H2,1H3,(H,10,11)/i1D3. The lowest BCUT2D eigenvalue weighted by molar-refractivity contribution is 0.0697. The van der Waals surface area contributed by atoms with Crippen LogP contribution in [0.5, 0.6) is 5.75 Å². The Balaban J connectivity index is 3.10. The summed E-state index contributed by atoms with van der Waals surface area (Å²) in [5.41, 5.74) is 5.06. The van der Waals surface area contributed by atoms with E-state index in [2.05, 4.69) is 4.74 Å². The minimum absolute atomic E-state index is 0.157. The van der Waals surface area contributed by atoms with Gasteiger partial charge in [0.25, 0.3) is 0 Å². The summed E-state index contributed by atoms with van der Waals surface area (Å²) in [7, 11) is -2.65. The number of carboxylic acid groups (broad SMARTS) is 1. The van der Waals surface area contributed by atoms with Gasteiger partial charge in [-0.1, -0.05) is 6.07 Å². The van der Waals surface area contributed by atoms with E-state index in [0.717, 1.165) is 0 Å². The van der Waals surface area contributed by atoms with E-state index in [0.29, 0.717) is 0 Å². The third-order valence-electron chi connectivity index (χ3n) is 1.41. The van der Waals surface area contributed by atoms with E-state index < -0.39 is 13.0 Å². The first-order valence-electron chi connectivity index (χ1n) is 4.62. The van der Waals surface area contributed by atoms with Crippen LogP contribution in [-0.4, -0.2) is 18.1 Å². The normalized spacial score (nSPS) is 14.2. The molecule has 64 valence electrons. The van der Waals surface area contributed by atoms with Gasteiger partial charge in [0.05, 0.1) is 22.4 Å². The summed E-state index contributed by atoms with van der Waals surface area (Å²) in [5, 5.41) is 8.71. The molecule has 0 aliphatic carbocycles. The molecule has 0 fully saturated rings. The minimum atomic E-state index is -2.65. The van der Waals surface area contributed by atoms with Crippen LogP contribution in [0.1, 0.15) is 14.5 Å². The molecule has 1 aromatic rings. The number of hydrogen-bond donors (Lipinski definition) is 2. The van der Waals surface area contributed by atoms with Gasteiger partial charge in [0.2, 0.25) is 0 Å². The van der Waals surface area contributed by atoms with Crippen molar-refractivity contribution in [3.05, 3.63) is 23.8 Å². The van der Waals surface area contributed by atoms with E-state index >= 15 is 0 Å². The summed E-state index contributed by atoms with van der Waals surface area (Å²) < 4.78 is 25.1. The van der Waals surface area contributed by atoms with E-state index in [-0.39, 0.29) is 17.0 Å². The molecular weight excluding hydrogens is 158 g/mol. The van der Waals surface area contributed by atoms with Gasteiger partial charge in [-0.3, -0.25) is 0 Å². The van der Waals surface area contributed by atoms with E-state index in [1.165, 1.54) is 18.2 Å². The van der Waals surface area contributed by atoms with Crippen molar-refractivity contribution in [1.82, 2.24) is 0 Å². The Labute approximate surface area is 73.8 Å². The number of anilines is 1. The molecule has 0 aliphatic rings. The number of ether oxygens (including phenoxy) is 1. The fourth-order valence-corrected chi connectivity index (χ4v) is 0.820. The van der Waals surface area contributed by atoms with Crippen LogP contribution in [0.15, 0.2) is 18.2 Å². The van der Waals surface area contributed by atoms with Crippen molar-refractivity contribution in [2.24, 2.45) is 0 Å². The number of para-hydroxylation sites is 1. The van der Waals surface area contributed by atoms with Crippen LogP contribution in [0.2, 0.25) is 0 Å². The van der Waals surface area contributed by atoms with Gasteiger partial charge in [0, 0.05) is 0 Å². The molecule has 0 saturated heterocycles. The lowest BCUT2D eigenvalue weighted by atomic mass is 10.2. The number of benzene rings is 1. The first-order chi connectivity index (χ1) is 6.81. The molecule has 0 bridgehead atoms. The van der Waals surface area contributed by atoms with Crippen molar-refractivity contribution in [3.8, 4) is 5.75 Å². The maximum absolute atomic E-state index is 10.7. The number of aromatic carboxylic acids is 1. The van der Waals surface area contributed by atoms with E-state index in [9.17, 15) is 4.79 Å². The Morgan fingerprint density at radius 2 is 2.50 bits per heavy atom. The Kier molecular flexibility index (Phi) is 1.31. The molecular formula is C8H9NO3. The number of rotatable bonds is 2. The quantitative estimate of drug-likeness (QED) is 0.649. The molecule has 4 nitrogen and oxygen atoms in total. The summed E-state index contributed by atoms with van der Waals surface area (Å²) in [4.78, 5) is 10.7. The number of nitrogens with two attached hydrogens (primary N) is 1. The predicted octanol–water partition coefficient (Wildman–Crippen LogP) is 0.976. The van der Waals surface area contributed by atoms with Crippen molar-refractivity contribution < 1.29 is 18.8 Å². The maximum Gasteiger partial charge on any atom is 0.337 e. The van der Waals surface area contributed by atoms with Gasteiger partial charge < -0.3 is 15.6 Å². The molecule has 4 heteroatoms. The van der Waals surface area contributed by atoms with Gasteiger partial charge in [-0.15, -0.1) is 0 Å². The van der Waals surface area contributed by atoms with Gasteiger partial charge in [0.1, 0.15) is 5.75 Å². The summed E-state index contributed by atoms with van der Waals surface area (Å²) in [6.07, 6.45) is 0. The second-order valence-corrected chi connectivity index (χ2v) is 2.12. The van der Waals surface area contributed by atoms with Crippen LogP contribution >= 0.6 is 0 Å². The molecule has 0 spiro atoms. The monoisotopic (exact) mass is 170 g/mol. The Bertz CT molecular complexity index is 389. The SMILES string of the molecule is [2H]C([2H])([2H])Oc1cccc(C(=O)O)c1N. The highest BCUT2D eigenvalue weighted by Gasteiger charge is 2.10. The lowest BCUT2D eigenvalue weighted by Crippen LogP contribution is -2.03. The number of carbonyl (C=O) groups is 1. The van der Waals surface area contributed by atoms with E-state index in [4.69, 9.17) is 15.0 Å². The van der Waals surface area contributed by atoms with E-state index in [1.54, 1.807) is 0 Å². The third-order valence-corrected chi connectivity index (χ3v) is 1.41. The molecule has 3 N–H and O–H groups in total. The predicted molar refractivity (Wildman–Crippen MR) is 44.4 cm³/mol. The first kappa shape index (κ1) is 5.03. The van der Waals surface area contributed by atoms with Crippen LogP contribution in [0.4, 0.5) is 5.69 Å². The molecule has 0 aromatic heterocycles. The van der Waals surface area contributed by atoms with Gasteiger partial charge in [-0.05, 0) is 12.1 Å². The van der Waals surface area contributed by atoms with Crippen molar-refractivity contribution in [1.29, 1.82) is 0 Å². The highest BCUT2D eigenvalue weighted by molar-refractivity contribution is 5.95. The van der Waals surface area contributed by atoms with Gasteiger partial charge in [-0.2, -0.15) is 0 Å². The van der Waals surface area contributed by atoms with Crippen LogP contribution in [0, 0.1) is 0 Å². The van der Waals surface area contributed by atoms with Crippen LogP contribution in [-0.2, 0) is 0 Å². The van der Waals surface area contributed by atoms with E-state index in [1.807, 2.05) is 0 Å². The van der Waals surface area contributed by atoms with Gasteiger partial charge in [-0.25, -0.2) is 4.79 Å². The summed E-state index contributed by atoms with van der Waals surface area (Å²) in [6.45, 7) is 0. The van der Waals surface area contributed by atoms with Crippen LogP contribution < -0.4 is 10.5 Å². The second kappa shape index (κ2) is 3.13. The molecule has 0 saturated carbocycles. The highest BCUT2D eigenvalue weighted by atomic mass is 16.5. The first-order valence-corrected chi connectivity index (χ1v) is 3.12. The second-order valence-electron chi connectivity index (χ2n) is 2.12. The molecule has 1 aromatic carbocycles. The van der Waals surface area contributed by atoms with Crippen LogP contribution in [0.25, 0.3) is 0 Å². The summed E-state index contributed by atoms with van der Waals surface area (Å²) >= 11 is 0. The zero-order valence-electron chi connectivity index (χ0n) is 9.07. The zero-order chi connectivity index (χ0) is 11.6. The summed E-state index contributed by atoms with van der Waals surface area (Å²) in [5.74, 6) is -1.39. The summed E-state index contributed by atoms with van der Waals surface area (Å²) in [6, 6.07) is 3.93. The number of carboxylic acids is 1. The molecule has 0 heterocycles. The fraction of sp³-hybridized carbons (Fsp3) is 0.125. The molecule has 0 amide bonds. The van der Waals surface area contributed by atoms with Gasteiger partial charge in [0.15, 0.2) is 0 Å². The fourth-order valence-electron chi connectivity index (χ4n) is 0.820. The average Bonchev–Trinajstić information content (AvgIpc) is 2.05.